The van der Waals surface area contributed by atoms with Crippen molar-refractivity contribution in [2.24, 2.45) is 0 Å². The minimum Gasteiger partial charge on any atom is -0.308 e. The second kappa shape index (κ2) is 5.59. The fourth-order valence-corrected chi connectivity index (χ4v) is 4.94. The van der Waals surface area contributed by atoms with Crippen molar-refractivity contribution in [3.8, 4) is 0 Å². The first-order valence-corrected chi connectivity index (χ1v) is 8.14. The van der Waals surface area contributed by atoms with Gasteiger partial charge < -0.3 is 9.05 Å². The van der Waals surface area contributed by atoms with Crippen LogP contribution in [0.15, 0.2) is 0 Å². The summed E-state index contributed by atoms with van der Waals surface area (Å²) in [7, 11) is -3.39. The molecule has 0 aliphatic heterocycles. The van der Waals surface area contributed by atoms with Gasteiger partial charge in [-0.25, -0.2) is 0 Å². The van der Waals surface area contributed by atoms with Crippen LogP contribution in [0.3, 0.4) is 0 Å². The van der Waals surface area contributed by atoms with E-state index in [9.17, 15) is 9.77 Å². The van der Waals surface area contributed by atoms with Gasteiger partial charge in [0.25, 0.3) is 0 Å². The minimum atomic E-state index is -3.39. The standard InChI is InChI=1S/C12H25NO4P/c1-6-16-18(15,17-7-2)12(9-8-10-12)13(14)11(3,4)5/h6-10H2,1-5H3. The molecular formula is C12H25NO4P. The van der Waals surface area contributed by atoms with E-state index >= 15 is 0 Å². The third kappa shape index (κ3) is 2.66. The molecule has 1 aliphatic carbocycles. The fourth-order valence-electron chi connectivity index (χ4n) is 2.32. The first-order chi connectivity index (χ1) is 8.23. The maximum Gasteiger partial charge on any atom is 0.353 e. The molecule has 0 unspecified atom stereocenters. The van der Waals surface area contributed by atoms with E-state index in [4.69, 9.17) is 9.05 Å². The summed E-state index contributed by atoms with van der Waals surface area (Å²) in [5, 5.41) is 12.5. The summed E-state index contributed by atoms with van der Waals surface area (Å²) in [5.74, 6) is 0. The second-order valence-electron chi connectivity index (χ2n) is 5.63. The topological polar surface area (TPSA) is 58.7 Å². The van der Waals surface area contributed by atoms with E-state index in [-0.39, 0.29) is 13.2 Å². The van der Waals surface area contributed by atoms with Crippen LogP contribution in [-0.4, -0.2) is 29.1 Å². The van der Waals surface area contributed by atoms with E-state index < -0.39 is 18.4 Å². The van der Waals surface area contributed by atoms with Gasteiger partial charge in [0.05, 0.1) is 13.2 Å². The van der Waals surface area contributed by atoms with Crippen molar-refractivity contribution < 1.29 is 18.8 Å². The Morgan fingerprint density at radius 2 is 1.61 bits per heavy atom. The molecule has 0 aromatic heterocycles. The molecular weight excluding hydrogens is 253 g/mol. The molecule has 0 atom stereocenters. The van der Waals surface area contributed by atoms with Crippen molar-refractivity contribution in [2.75, 3.05) is 13.2 Å². The molecule has 0 N–H and O–H groups in total. The second-order valence-corrected chi connectivity index (χ2v) is 7.98. The van der Waals surface area contributed by atoms with Crippen LogP contribution in [0.2, 0.25) is 0 Å². The number of nitrogens with zero attached hydrogens (tertiary/aromatic N) is 1. The lowest BCUT2D eigenvalue weighted by molar-refractivity contribution is -0.272. The Morgan fingerprint density at radius 1 is 1.17 bits per heavy atom. The Bertz CT molecular complexity index is 313. The van der Waals surface area contributed by atoms with Crippen molar-refractivity contribution in [3.05, 3.63) is 0 Å². The van der Waals surface area contributed by atoms with Crippen LogP contribution in [0.4, 0.5) is 0 Å². The Balaban J connectivity index is 3.08. The molecule has 1 saturated carbocycles. The molecule has 0 heterocycles. The lowest BCUT2D eigenvalue weighted by Crippen LogP contribution is -2.58. The van der Waals surface area contributed by atoms with Gasteiger partial charge in [-0.05, 0) is 53.9 Å². The van der Waals surface area contributed by atoms with Crippen LogP contribution in [-0.2, 0) is 18.8 Å². The highest BCUT2D eigenvalue weighted by molar-refractivity contribution is 7.55. The van der Waals surface area contributed by atoms with Gasteiger partial charge in [-0.15, -0.1) is 10.3 Å². The Kier molecular flexibility index (Phi) is 5.01. The van der Waals surface area contributed by atoms with Crippen molar-refractivity contribution in [2.45, 2.75) is 64.7 Å². The molecule has 1 aliphatic rings. The van der Waals surface area contributed by atoms with Crippen molar-refractivity contribution in [3.63, 3.8) is 0 Å². The molecule has 0 amide bonds. The summed E-state index contributed by atoms with van der Waals surface area (Å²) >= 11 is 0. The summed E-state index contributed by atoms with van der Waals surface area (Å²) in [6, 6.07) is 0. The molecule has 0 spiro atoms. The van der Waals surface area contributed by atoms with E-state index in [0.717, 1.165) is 11.5 Å². The highest BCUT2D eigenvalue weighted by Gasteiger charge is 2.61. The smallest absolute Gasteiger partial charge is 0.308 e. The first-order valence-electron chi connectivity index (χ1n) is 6.60. The van der Waals surface area contributed by atoms with Gasteiger partial charge >= 0.3 is 7.60 Å². The molecule has 6 heteroatoms. The zero-order valence-electron chi connectivity index (χ0n) is 12.1. The van der Waals surface area contributed by atoms with E-state index in [1.807, 2.05) is 20.8 Å². The van der Waals surface area contributed by atoms with Crippen molar-refractivity contribution >= 4 is 7.60 Å². The van der Waals surface area contributed by atoms with Crippen molar-refractivity contribution in [1.29, 1.82) is 0 Å². The van der Waals surface area contributed by atoms with E-state index in [1.165, 1.54) is 0 Å². The van der Waals surface area contributed by atoms with Gasteiger partial charge in [0.15, 0.2) is 5.28 Å². The van der Waals surface area contributed by atoms with Crippen LogP contribution in [0.5, 0.6) is 0 Å². The zero-order valence-corrected chi connectivity index (χ0v) is 13.0. The van der Waals surface area contributed by atoms with Crippen LogP contribution in [0.1, 0.15) is 53.9 Å². The molecule has 0 aromatic carbocycles. The van der Waals surface area contributed by atoms with E-state index in [2.05, 4.69) is 0 Å². The van der Waals surface area contributed by atoms with Crippen molar-refractivity contribution in [1.82, 2.24) is 5.06 Å². The van der Waals surface area contributed by atoms with E-state index in [1.54, 1.807) is 13.8 Å². The third-order valence-corrected chi connectivity index (χ3v) is 6.09. The lowest BCUT2D eigenvalue weighted by Gasteiger charge is -2.52. The number of hydrogen-bond donors (Lipinski definition) is 0. The molecule has 1 rings (SSSR count). The maximum absolute atomic E-state index is 12.9. The predicted molar refractivity (Wildman–Crippen MR) is 69.7 cm³/mol. The third-order valence-electron chi connectivity index (χ3n) is 3.25. The summed E-state index contributed by atoms with van der Waals surface area (Å²) < 4.78 is 23.7. The summed E-state index contributed by atoms with van der Waals surface area (Å²) in [5.41, 5.74) is -0.607. The van der Waals surface area contributed by atoms with Crippen LogP contribution >= 0.6 is 7.60 Å². The van der Waals surface area contributed by atoms with Crippen LogP contribution < -0.4 is 0 Å². The van der Waals surface area contributed by atoms with Crippen LogP contribution in [0, 0.1) is 0 Å². The van der Waals surface area contributed by atoms with Gasteiger partial charge in [0.1, 0.15) is 0 Å². The largest absolute Gasteiger partial charge is 0.353 e. The minimum absolute atomic E-state index is 0.289. The first kappa shape index (κ1) is 16.1. The van der Waals surface area contributed by atoms with Gasteiger partial charge in [0.2, 0.25) is 0 Å². The normalized spacial score (nSPS) is 19.9. The van der Waals surface area contributed by atoms with Gasteiger partial charge in [-0.1, -0.05) is 0 Å². The summed E-state index contributed by atoms with van der Waals surface area (Å²) in [6.45, 7) is 9.58. The molecule has 0 saturated heterocycles. The Labute approximate surface area is 110 Å². The molecule has 0 bridgehead atoms. The average molecular weight is 278 g/mol. The number of hydroxylamine groups is 2. The highest BCUT2D eigenvalue weighted by Crippen LogP contribution is 2.69. The number of hydrogen-bond acceptors (Lipinski definition) is 4. The average Bonchev–Trinajstić information content (AvgIpc) is 2.14. The monoisotopic (exact) mass is 278 g/mol. The fraction of sp³-hybridized carbons (Fsp3) is 1.00. The number of rotatable bonds is 6. The van der Waals surface area contributed by atoms with Gasteiger partial charge in [-0.3, -0.25) is 4.57 Å². The lowest BCUT2D eigenvalue weighted by atomic mass is 9.89. The predicted octanol–water partition coefficient (Wildman–Crippen LogP) is 3.58. The molecule has 5 nitrogen and oxygen atoms in total. The van der Waals surface area contributed by atoms with Gasteiger partial charge in [0, 0.05) is 5.54 Å². The molecule has 1 fully saturated rings. The van der Waals surface area contributed by atoms with Crippen LogP contribution in [0.25, 0.3) is 0 Å². The molecule has 18 heavy (non-hydrogen) atoms. The van der Waals surface area contributed by atoms with E-state index in [0.29, 0.717) is 12.8 Å². The Hall–Kier alpha value is 0.0700. The molecule has 107 valence electrons. The molecule has 1 radical (unpaired) electrons. The quantitative estimate of drug-likeness (QED) is 0.550. The molecule has 0 aromatic rings. The Morgan fingerprint density at radius 3 is 1.83 bits per heavy atom. The SMILES string of the molecule is CCOP(=O)(OCC)C1(N([O])C(C)(C)C)CCC1. The highest BCUT2D eigenvalue weighted by atomic mass is 31.2. The maximum atomic E-state index is 12.9. The summed E-state index contributed by atoms with van der Waals surface area (Å²) in [6.07, 6.45) is 2.04. The van der Waals surface area contributed by atoms with Gasteiger partial charge in [-0.2, -0.15) is 0 Å². The summed E-state index contributed by atoms with van der Waals surface area (Å²) in [4.78, 5) is 0. The zero-order chi connectivity index (χ0) is 14.0.